The highest BCUT2D eigenvalue weighted by Gasteiger charge is 2.22. The molecule has 1 saturated carbocycles. The molecule has 1 aliphatic carbocycles. The van der Waals surface area contributed by atoms with Crippen LogP contribution in [0.3, 0.4) is 0 Å². The van der Waals surface area contributed by atoms with Crippen molar-refractivity contribution >= 4 is 11.8 Å². The molecule has 15 heavy (non-hydrogen) atoms. The van der Waals surface area contributed by atoms with E-state index in [1.165, 1.54) is 57.2 Å². The van der Waals surface area contributed by atoms with E-state index >= 15 is 0 Å². The van der Waals surface area contributed by atoms with Gasteiger partial charge in [0, 0.05) is 17.8 Å². The van der Waals surface area contributed by atoms with Gasteiger partial charge in [-0.2, -0.15) is 11.8 Å². The van der Waals surface area contributed by atoms with E-state index in [0.29, 0.717) is 0 Å². The van der Waals surface area contributed by atoms with Gasteiger partial charge in [-0.15, -0.1) is 0 Å². The van der Waals surface area contributed by atoms with Crippen molar-refractivity contribution in [3.8, 4) is 0 Å². The molecule has 0 aromatic heterocycles. The summed E-state index contributed by atoms with van der Waals surface area (Å²) in [5, 5.41) is 4.73. The van der Waals surface area contributed by atoms with Crippen molar-refractivity contribution in [3.63, 3.8) is 0 Å². The van der Waals surface area contributed by atoms with Crippen LogP contribution in [0.5, 0.6) is 0 Å². The van der Waals surface area contributed by atoms with Gasteiger partial charge in [-0.25, -0.2) is 0 Å². The molecule has 2 aliphatic rings. The lowest BCUT2D eigenvalue weighted by Crippen LogP contribution is -2.37. The summed E-state index contributed by atoms with van der Waals surface area (Å²) >= 11 is 2.17. The number of rotatable bonds is 4. The summed E-state index contributed by atoms with van der Waals surface area (Å²) in [6.45, 7) is 3.62. The van der Waals surface area contributed by atoms with Crippen LogP contribution in [0.1, 0.15) is 51.9 Å². The number of thioether (sulfide) groups is 1. The zero-order valence-corrected chi connectivity index (χ0v) is 10.8. The molecule has 88 valence electrons. The third kappa shape index (κ3) is 3.67. The second kappa shape index (κ2) is 6.15. The van der Waals surface area contributed by atoms with Gasteiger partial charge in [-0.1, -0.05) is 26.2 Å². The van der Waals surface area contributed by atoms with Gasteiger partial charge < -0.3 is 5.32 Å². The standard InChI is InChI=1S/C13H25NS/c1-2-11-5-3-6-12(9-11)14-10-13-7-4-8-15-13/h11-14H,2-10H2,1H3. The van der Waals surface area contributed by atoms with E-state index in [1.54, 1.807) is 0 Å². The van der Waals surface area contributed by atoms with Crippen LogP contribution in [0, 0.1) is 5.92 Å². The molecule has 2 fully saturated rings. The van der Waals surface area contributed by atoms with Crippen molar-refractivity contribution in [2.75, 3.05) is 12.3 Å². The average molecular weight is 227 g/mol. The molecule has 2 rings (SSSR count). The van der Waals surface area contributed by atoms with Crippen LogP contribution in [0.2, 0.25) is 0 Å². The zero-order chi connectivity index (χ0) is 10.5. The number of hydrogen-bond acceptors (Lipinski definition) is 2. The zero-order valence-electron chi connectivity index (χ0n) is 10.0. The predicted octanol–water partition coefficient (Wildman–Crippen LogP) is 3.44. The molecule has 0 amide bonds. The van der Waals surface area contributed by atoms with E-state index in [-0.39, 0.29) is 0 Å². The van der Waals surface area contributed by atoms with E-state index in [9.17, 15) is 0 Å². The molecule has 0 aromatic carbocycles. The lowest BCUT2D eigenvalue weighted by atomic mass is 9.84. The maximum Gasteiger partial charge on any atom is 0.0172 e. The molecule has 2 heteroatoms. The molecular formula is C13H25NS. The third-order valence-electron chi connectivity index (χ3n) is 4.02. The van der Waals surface area contributed by atoms with Gasteiger partial charge in [0.25, 0.3) is 0 Å². The van der Waals surface area contributed by atoms with Crippen LogP contribution in [-0.4, -0.2) is 23.6 Å². The summed E-state index contributed by atoms with van der Waals surface area (Å²) < 4.78 is 0. The molecule has 1 N–H and O–H groups in total. The Labute approximate surface area is 98.8 Å². The molecule has 0 radical (unpaired) electrons. The van der Waals surface area contributed by atoms with E-state index in [0.717, 1.165) is 17.2 Å². The Kier molecular flexibility index (Phi) is 4.83. The van der Waals surface area contributed by atoms with Crippen LogP contribution in [-0.2, 0) is 0 Å². The summed E-state index contributed by atoms with van der Waals surface area (Å²) in [5.74, 6) is 2.40. The lowest BCUT2D eigenvalue weighted by Gasteiger charge is -2.30. The van der Waals surface area contributed by atoms with Crippen molar-refractivity contribution in [1.82, 2.24) is 5.32 Å². The largest absolute Gasteiger partial charge is 0.313 e. The molecule has 0 aromatic rings. The fourth-order valence-electron chi connectivity index (χ4n) is 2.95. The molecule has 1 heterocycles. The molecular weight excluding hydrogens is 202 g/mol. The Morgan fingerprint density at radius 3 is 2.87 bits per heavy atom. The maximum absolute atomic E-state index is 3.81. The van der Waals surface area contributed by atoms with Crippen molar-refractivity contribution in [3.05, 3.63) is 0 Å². The van der Waals surface area contributed by atoms with Crippen LogP contribution >= 0.6 is 11.8 Å². The second-order valence-electron chi connectivity index (χ2n) is 5.18. The minimum atomic E-state index is 0.838. The topological polar surface area (TPSA) is 12.0 Å². The lowest BCUT2D eigenvalue weighted by molar-refractivity contribution is 0.280. The summed E-state index contributed by atoms with van der Waals surface area (Å²) in [4.78, 5) is 0. The first kappa shape index (κ1) is 11.8. The molecule has 1 aliphatic heterocycles. The van der Waals surface area contributed by atoms with Crippen molar-refractivity contribution in [2.45, 2.75) is 63.2 Å². The smallest absolute Gasteiger partial charge is 0.0172 e. The molecule has 1 nitrogen and oxygen atoms in total. The van der Waals surface area contributed by atoms with Gasteiger partial charge in [0.1, 0.15) is 0 Å². The highest BCUT2D eigenvalue weighted by Crippen LogP contribution is 2.28. The summed E-state index contributed by atoms with van der Waals surface area (Å²) in [7, 11) is 0. The monoisotopic (exact) mass is 227 g/mol. The Morgan fingerprint density at radius 2 is 2.13 bits per heavy atom. The maximum atomic E-state index is 3.81. The van der Waals surface area contributed by atoms with Crippen LogP contribution in [0.4, 0.5) is 0 Å². The molecule has 0 spiro atoms. The van der Waals surface area contributed by atoms with Gasteiger partial charge in [0.2, 0.25) is 0 Å². The first-order chi connectivity index (χ1) is 7.38. The van der Waals surface area contributed by atoms with Crippen molar-refractivity contribution in [2.24, 2.45) is 5.92 Å². The van der Waals surface area contributed by atoms with Crippen LogP contribution in [0.15, 0.2) is 0 Å². The van der Waals surface area contributed by atoms with Gasteiger partial charge in [-0.05, 0) is 37.4 Å². The second-order valence-corrected chi connectivity index (χ2v) is 6.59. The number of hydrogen-bond donors (Lipinski definition) is 1. The van der Waals surface area contributed by atoms with Crippen molar-refractivity contribution < 1.29 is 0 Å². The predicted molar refractivity (Wildman–Crippen MR) is 69.5 cm³/mol. The van der Waals surface area contributed by atoms with E-state index in [2.05, 4.69) is 24.0 Å². The van der Waals surface area contributed by atoms with Gasteiger partial charge in [0.15, 0.2) is 0 Å². The Bertz CT molecular complexity index is 177. The molecule has 3 atom stereocenters. The quantitative estimate of drug-likeness (QED) is 0.789. The Hall–Kier alpha value is 0.310. The molecule has 3 unspecified atom stereocenters. The highest BCUT2D eigenvalue weighted by atomic mass is 32.2. The Balaban J connectivity index is 1.65. The van der Waals surface area contributed by atoms with E-state index in [4.69, 9.17) is 0 Å². The van der Waals surface area contributed by atoms with E-state index < -0.39 is 0 Å². The minimum Gasteiger partial charge on any atom is -0.313 e. The first-order valence-electron chi connectivity index (χ1n) is 6.73. The van der Waals surface area contributed by atoms with Gasteiger partial charge in [-0.3, -0.25) is 0 Å². The highest BCUT2D eigenvalue weighted by molar-refractivity contribution is 8.00. The fraction of sp³-hybridized carbons (Fsp3) is 1.00. The van der Waals surface area contributed by atoms with Gasteiger partial charge in [0.05, 0.1) is 0 Å². The van der Waals surface area contributed by atoms with Crippen LogP contribution in [0.25, 0.3) is 0 Å². The minimum absolute atomic E-state index is 0.838. The number of nitrogens with one attached hydrogen (secondary N) is 1. The average Bonchev–Trinajstić information content (AvgIpc) is 2.79. The Morgan fingerprint density at radius 1 is 1.20 bits per heavy atom. The van der Waals surface area contributed by atoms with Crippen molar-refractivity contribution in [1.29, 1.82) is 0 Å². The normalized spacial score (nSPS) is 37.0. The van der Waals surface area contributed by atoms with Crippen LogP contribution < -0.4 is 5.32 Å². The van der Waals surface area contributed by atoms with E-state index in [1.807, 2.05) is 0 Å². The first-order valence-corrected chi connectivity index (χ1v) is 7.78. The summed E-state index contributed by atoms with van der Waals surface area (Å²) in [5.41, 5.74) is 0. The van der Waals surface area contributed by atoms with Gasteiger partial charge >= 0.3 is 0 Å². The third-order valence-corrected chi connectivity index (χ3v) is 5.42. The SMILES string of the molecule is CCC1CCCC(NCC2CCCS2)C1. The molecule has 1 saturated heterocycles. The molecule has 0 bridgehead atoms. The fourth-order valence-corrected chi connectivity index (χ4v) is 4.16. The summed E-state index contributed by atoms with van der Waals surface area (Å²) in [6.07, 6.45) is 10.1. The summed E-state index contributed by atoms with van der Waals surface area (Å²) in [6, 6.07) is 0.838.